The van der Waals surface area contributed by atoms with Crippen molar-refractivity contribution in [3.05, 3.63) is 82.7 Å². The Labute approximate surface area is 202 Å². The number of furan rings is 1. The Hall–Kier alpha value is -3.23. The predicted octanol–water partition coefficient (Wildman–Crippen LogP) is 5.46. The quantitative estimate of drug-likeness (QED) is 0.229. The Morgan fingerprint density at radius 2 is 1.82 bits per heavy atom. The number of carbonyl (C=O) groups is 1. The van der Waals surface area contributed by atoms with Crippen LogP contribution >= 0.6 is 24.0 Å². The van der Waals surface area contributed by atoms with Crippen molar-refractivity contribution in [1.29, 1.82) is 0 Å². The van der Waals surface area contributed by atoms with Gasteiger partial charge < -0.3 is 18.6 Å². The fourth-order valence-electron chi connectivity index (χ4n) is 3.18. The topological polar surface area (TPSA) is 61.1 Å². The normalized spacial score (nSPS) is 14.7. The number of hydrogen-bond acceptors (Lipinski definition) is 7. The zero-order valence-electron chi connectivity index (χ0n) is 18.3. The zero-order chi connectivity index (χ0) is 23.2. The van der Waals surface area contributed by atoms with E-state index in [-0.39, 0.29) is 5.91 Å². The summed E-state index contributed by atoms with van der Waals surface area (Å²) in [4.78, 5) is 15.0. The van der Waals surface area contributed by atoms with Crippen molar-refractivity contribution in [3.63, 3.8) is 0 Å². The van der Waals surface area contributed by atoms with Crippen LogP contribution in [0.5, 0.6) is 17.2 Å². The van der Waals surface area contributed by atoms with Crippen molar-refractivity contribution >= 4 is 40.3 Å². The molecule has 2 aromatic carbocycles. The van der Waals surface area contributed by atoms with E-state index in [1.807, 2.05) is 55.5 Å². The Bertz CT molecular complexity index is 1160. The average Bonchev–Trinajstić information content (AvgIpc) is 3.43. The van der Waals surface area contributed by atoms with E-state index >= 15 is 0 Å². The molecule has 0 saturated carbocycles. The summed E-state index contributed by atoms with van der Waals surface area (Å²) < 4.78 is 22.9. The molecule has 1 aliphatic rings. The number of carbonyl (C=O) groups excluding carboxylic acids is 1. The van der Waals surface area contributed by atoms with Gasteiger partial charge in [-0.05, 0) is 55.5 Å². The minimum atomic E-state index is -0.169. The van der Waals surface area contributed by atoms with Crippen LogP contribution in [0, 0.1) is 6.92 Å². The lowest BCUT2D eigenvalue weighted by Crippen LogP contribution is -2.27. The average molecular weight is 482 g/mol. The molecule has 0 bridgehead atoms. The molecule has 0 aliphatic carbocycles. The van der Waals surface area contributed by atoms with Crippen LogP contribution in [0.4, 0.5) is 0 Å². The van der Waals surface area contributed by atoms with Gasteiger partial charge in [-0.3, -0.25) is 9.69 Å². The fraction of sp³-hybridized carbons (Fsp3) is 0.200. The Kier molecular flexibility index (Phi) is 7.36. The first kappa shape index (κ1) is 22.9. The number of nitrogens with zero attached hydrogens (tertiary/aromatic N) is 1. The van der Waals surface area contributed by atoms with Crippen molar-refractivity contribution < 1.29 is 23.4 Å². The number of thiocarbonyl (C=S) groups is 1. The Morgan fingerprint density at radius 1 is 1.06 bits per heavy atom. The standard InChI is InChI=1S/C25H23NO5S2/c1-17-5-7-19(8-6-17)30-12-13-31-22-10-9-20(28-2)14-18(22)15-23-24(27)26(25(32)33-23)16-21-4-3-11-29-21/h3-11,14-15H,12-13,16H2,1-2H3/b23-15-. The van der Waals surface area contributed by atoms with Crippen LogP contribution in [0.1, 0.15) is 16.9 Å². The summed E-state index contributed by atoms with van der Waals surface area (Å²) >= 11 is 6.67. The lowest BCUT2D eigenvalue weighted by Gasteiger charge is -2.13. The number of aryl methyl sites for hydroxylation is 1. The van der Waals surface area contributed by atoms with Crippen LogP contribution < -0.4 is 14.2 Å². The molecule has 1 aliphatic heterocycles. The third-order valence-corrected chi connectivity index (χ3v) is 6.28. The molecule has 0 atom stereocenters. The van der Waals surface area contributed by atoms with Crippen molar-refractivity contribution in [2.75, 3.05) is 20.3 Å². The molecule has 0 spiro atoms. The smallest absolute Gasteiger partial charge is 0.266 e. The molecule has 0 radical (unpaired) electrons. The Morgan fingerprint density at radius 3 is 2.55 bits per heavy atom. The number of hydrogen-bond donors (Lipinski definition) is 0. The summed E-state index contributed by atoms with van der Waals surface area (Å²) in [6.45, 7) is 3.07. The number of ether oxygens (including phenoxy) is 3. The molecule has 1 aromatic heterocycles. The van der Waals surface area contributed by atoms with E-state index in [0.717, 1.165) is 11.3 Å². The second-order valence-corrected chi connectivity index (χ2v) is 8.94. The van der Waals surface area contributed by atoms with Gasteiger partial charge in [-0.1, -0.05) is 41.7 Å². The summed E-state index contributed by atoms with van der Waals surface area (Å²) in [6, 6.07) is 16.9. The molecule has 8 heteroatoms. The van der Waals surface area contributed by atoms with Gasteiger partial charge >= 0.3 is 0 Å². The van der Waals surface area contributed by atoms with E-state index in [1.54, 1.807) is 25.5 Å². The minimum absolute atomic E-state index is 0.169. The third-order valence-electron chi connectivity index (χ3n) is 4.90. The van der Waals surface area contributed by atoms with Crippen molar-refractivity contribution in [2.24, 2.45) is 0 Å². The second-order valence-electron chi connectivity index (χ2n) is 7.26. The van der Waals surface area contributed by atoms with Crippen LogP contribution in [0.3, 0.4) is 0 Å². The summed E-state index contributed by atoms with van der Waals surface area (Å²) in [5.41, 5.74) is 1.90. The SMILES string of the molecule is COc1ccc(OCCOc2ccc(C)cc2)c(/C=C2\SC(=S)N(Cc3ccco3)C2=O)c1. The van der Waals surface area contributed by atoms with Gasteiger partial charge in [0, 0.05) is 5.56 Å². The molecule has 1 saturated heterocycles. The van der Waals surface area contributed by atoms with Crippen LogP contribution in [0.25, 0.3) is 6.08 Å². The highest BCUT2D eigenvalue weighted by atomic mass is 32.2. The first-order valence-corrected chi connectivity index (χ1v) is 11.5. The van der Waals surface area contributed by atoms with E-state index in [0.29, 0.717) is 46.2 Å². The Balaban J connectivity index is 1.46. The summed E-state index contributed by atoms with van der Waals surface area (Å²) in [7, 11) is 1.60. The molecular weight excluding hydrogens is 458 g/mol. The van der Waals surface area contributed by atoms with Gasteiger partial charge in [0.15, 0.2) is 0 Å². The van der Waals surface area contributed by atoms with Crippen LogP contribution in [0.2, 0.25) is 0 Å². The van der Waals surface area contributed by atoms with E-state index in [2.05, 4.69) is 0 Å². The van der Waals surface area contributed by atoms with Crippen molar-refractivity contribution in [3.8, 4) is 17.2 Å². The van der Waals surface area contributed by atoms with Gasteiger partial charge in [0.25, 0.3) is 5.91 Å². The van der Waals surface area contributed by atoms with Crippen LogP contribution in [-0.4, -0.2) is 35.5 Å². The van der Waals surface area contributed by atoms with Crippen molar-refractivity contribution in [1.82, 2.24) is 4.90 Å². The highest BCUT2D eigenvalue weighted by molar-refractivity contribution is 8.26. The van der Waals surface area contributed by atoms with E-state index in [1.165, 1.54) is 22.2 Å². The largest absolute Gasteiger partial charge is 0.497 e. The molecule has 33 heavy (non-hydrogen) atoms. The maximum atomic E-state index is 13.0. The van der Waals surface area contributed by atoms with E-state index < -0.39 is 0 Å². The summed E-state index contributed by atoms with van der Waals surface area (Å²) in [5.74, 6) is 2.58. The van der Waals surface area contributed by atoms with Gasteiger partial charge in [-0.15, -0.1) is 0 Å². The number of benzene rings is 2. The molecule has 1 fully saturated rings. The number of rotatable bonds is 9. The lowest BCUT2D eigenvalue weighted by atomic mass is 10.1. The highest BCUT2D eigenvalue weighted by Gasteiger charge is 2.32. The monoisotopic (exact) mass is 481 g/mol. The highest BCUT2D eigenvalue weighted by Crippen LogP contribution is 2.36. The first-order chi connectivity index (χ1) is 16.0. The maximum absolute atomic E-state index is 13.0. The zero-order valence-corrected chi connectivity index (χ0v) is 19.9. The molecule has 0 unspecified atom stereocenters. The minimum Gasteiger partial charge on any atom is -0.497 e. The first-order valence-electron chi connectivity index (χ1n) is 10.3. The molecule has 1 amide bonds. The van der Waals surface area contributed by atoms with Gasteiger partial charge in [0.05, 0.1) is 24.8 Å². The fourth-order valence-corrected chi connectivity index (χ4v) is 4.43. The van der Waals surface area contributed by atoms with E-state index in [9.17, 15) is 4.79 Å². The maximum Gasteiger partial charge on any atom is 0.266 e. The number of thioether (sulfide) groups is 1. The molecule has 4 rings (SSSR count). The third kappa shape index (κ3) is 5.77. The van der Waals surface area contributed by atoms with Crippen LogP contribution in [-0.2, 0) is 11.3 Å². The molecular formula is C25H23NO5S2. The summed E-state index contributed by atoms with van der Waals surface area (Å²) in [6.07, 6.45) is 3.35. The lowest BCUT2D eigenvalue weighted by molar-refractivity contribution is -0.122. The predicted molar refractivity (Wildman–Crippen MR) is 133 cm³/mol. The number of amides is 1. The van der Waals surface area contributed by atoms with Gasteiger partial charge in [0.2, 0.25) is 0 Å². The summed E-state index contributed by atoms with van der Waals surface area (Å²) in [5, 5.41) is 0. The molecule has 0 N–H and O–H groups in total. The van der Waals surface area contributed by atoms with E-state index in [4.69, 9.17) is 30.8 Å². The van der Waals surface area contributed by atoms with Crippen molar-refractivity contribution in [2.45, 2.75) is 13.5 Å². The molecule has 2 heterocycles. The van der Waals surface area contributed by atoms with Gasteiger partial charge in [0.1, 0.15) is 40.5 Å². The number of methoxy groups -OCH3 is 1. The molecule has 6 nitrogen and oxygen atoms in total. The van der Waals surface area contributed by atoms with Gasteiger partial charge in [-0.2, -0.15) is 0 Å². The molecule has 170 valence electrons. The van der Waals surface area contributed by atoms with Crippen LogP contribution in [0.15, 0.2) is 70.2 Å². The molecule has 3 aromatic rings. The second kappa shape index (κ2) is 10.6. The van der Waals surface area contributed by atoms with Gasteiger partial charge in [-0.25, -0.2) is 0 Å².